The molecule has 0 saturated carbocycles. The number of aromatic nitrogens is 1. The lowest BCUT2D eigenvalue weighted by molar-refractivity contribution is 0.0981. The number of benzene rings is 3. The molecule has 2 aromatic heterocycles. The Bertz CT molecular complexity index is 2110. The van der Waals surface area contributed by atoms with E-state index in [1.165, 1.54) is 17.4 Å². The summed E-state index contributed by atoms with van der Waals surface area (Å²) >= 11 is 1.31. The molecule has 46 heavy (non-hydrogen) atoms. The van der Waals surface area contributed by atoms with Gasteiger partial charge in [0.25, 0.3) is 11.8 Å². The molecule has 7 rings (SSSR count). The highest BCUT2D eigenvalue weighted by molar-refractivity contribution is 7.91. The van der Waals surface area contributed by atoms with Crippen LogP contribution in [0.4, 0.5) is 27.3 Å². The number of carbonyl (C=O) groups excluding carboxylic acids is 2. The highest BCUT2D eigenvalue weighted by atomic mass is 32.2. The van der Waals surface area contributed by atoms with Crippen LogP contribution in [-0.4, -0.2) is 44.1 Å². The molecule has 11 heteroatoms. The molecule has 0 spiro atoms. The molecule has 0 saturated heterocycles. The van der Waals surface area contributed by atoms with Gasteiger partial charge in [0.05, 0.1) is 32.6 Å². The third-order valence-corrected chi connectivity index (χ3v) is 11.3. The number of amides is 2. The Balaban J connectivity index is 1.20. The van der Waals surface area contributed by atoms with Gasteiger partial charge >= 0.3 is 0 Å². The number of nitrogens with one attached hydrogen (secondary N) is 1. The number of halogens is 1. The van der Waals surface area contributed by atoms with Crippen LogP contribution in [0.1, 0.15) is 37.7 Å². The van der Waals surface area contributed by atoms with Crippen molar-refractivity contribution in [2.24, 2.45) is 0 Å². The van der Waals surface area contributed by atoms with Gasteiger partial charge in [0, 0.05) is 23.5 Å². The number of aryl methyl sites for hydroxylation is 1. The molecule has 3 aromatic carbocycles. The molecule has 0 aliphatic carbocycles. The van der Waals surface area contributed by atoms with Crippen molar-refractivity contribution in [2.45, 2.75) is 24.7 Å². The quantitative estimate of drug-likeness (QED) is 0.224. The number of carbonyl (C=O) groups is 2. The van der Waals surface area contributed by atoms with Gasteiger partial charge in [-0.05, 0) is 73.4 Å². The normalized spacial score (nSPS) is 15.2. The van der Waals surface area contributed by atoms with Crippen LogP contribution >= 0.6 is 11.3 Å². The molecule has 0 bridgehead atoms. The van der Waals surface area contributed by atoms with Crippen LogP contribution in [0.2, 0.25) is 0 Å². The number of rotatable bonds is 4. The third kappa shape index (κ3) is 5.35. The molecular weight excluding hydrogens is 624 g/mol. The molecule has 8 nitrogen and oxygen atoms in total. The largest absolute Gasteiger partial charge is 0.325 e. The van der Waals surface area contributed by atoms with Crippen molar-refractivity contribution in [3.05, 3.63) is 119 Å². The molecule has 5 aromatic rings. The minimum Gasteiger partial charge on any atom is -0.325 e. The second kappa shape index (κ2) is 11.8. The Morgan fingerprint density at radius 2 is 1.67 bits per heavy atom. The van der Waals surface area contributed by atoms with Crippen molar-refractivity contribution < 1.29 is 22.4 Å². The fraction of sp³-hybridized carbons (Fsp3) is 0.171. The lowest BCUT2D eigenvalue weighted by atomic mass is 10.1. The van der Waals surface area contributed by atoms with Gasteiger partial charge in [-0.15, -0.1) is 11.3 Å². The van der Waals surface area contributed by atoms with Crippen LogP contribution in [0.3, 0.4) is 0 Å². The van der Waals surface area contributed by atoms with Gasteiger partial charge in [0.15, 0.2) is 9.84 Å². The van der Waals surface area contributed by atoms with Crippen LogP contribution in [0.25, 0.3) is 10.4 Å². The van der Waals surface area contributed by atoms with E-state index < -0.39 is 15.7 Å². The van der Waals surface area contributed by atoms with E-state index >= 15 is 0 Å². The summed E-state index contributed by atoms with van der Waals surface area (Å²) in [5.74, 6) is -0.624. The predicted molar refractivity (Wildman–Crippen MR) is 179 cm³/mol. The van der Waals surface area contributed by atoms with Crippen molar-refractivity contribution in [3.8, 4) is 10.4 Å². The summed E-state index contributed by atoms with van der Waals surface area (Å²) in [6, 6.07) is 26.1. The first kappa shape index (κ1) is 29.8. The first-order valence-electron chi connectivity index (χ1n) is 14.9. The van der Waals surface area contributed by atoms with E-state index in [4.69, 9.17) is 4.98 Å². The number of pyridine rings is 1. The second-order valence-electron chi connectivity index (χ2n) is 11.2. The average molecular weight is 653 g/mol. The standard InChI is InChI=1S/C35H29FN4O4S2/c1-22-9-6-11-25(36)32(22)38-34(41)29-21-23-17-19-40(27-13-3-2-10-24(27)33(23)45-29)35(42)26-12-7-16-31(37-26)39-18-8-20-46(43,44)30-15-5-4-14-28(30)39/h2-7,9-16,21H,8,17-20H2,1H3,(H,38,41). The smallest absolute Gasteiger partial charge is 0.276 e. The molecule has 0 radical (unpaired) electrons. The highest BCUT2D eigenvalue weighted by Gasteiger charge is 2.30. The fourth-order valence-electron chi connectivity index (χ4n) is 6.04. The maximum Gasteiger partial charge on any atom is 0.276 e. The fourth-order valence-corrected chi connectivity index (χ4v) is 8.69. The summed E-state index contributed by atoms with van der Waals surface area (Å²) in [5.41, 5.74) is 4.02. The maximum absolute atomic E-state index is 14.4. The monoisotopic (exact) mass is 652 g/mol. The Morgan fingerprint density at radius 1 is 0.913 bits per heavy atom. The zero-order valence-electron chi connectivity index (χ0n) is 24.9. The first-order valence-corrected chi connectivity index (χ1v) is 17.3. The van der Waals surface area contributed by atoms with Crippen LogP contribution in [0, 0.1) is 12.7 Å². The molecule has 0 atom stereocenters. The van der Waals surface area contributed by atoms with E-state index in [1.54, 1.807) is 66.4 Å². The Labute approximate surface area is 270 Å². The number of nitrogens with zero attached hydrogens (tertiary/aromatic N) is 3. The zero-order chi connectivity index (χ0) is 32.0. The number of anilines is 4. The number of thiophene rings is 1. The summed E-state index contributed by atoms with van der Waals surface area (Å²) in [5, 5.41) is 2.73. The minimum absolute atomic E-state index is 0.0416. The van der Waals surface area contributed by atoms with Crippen LogP contribution in [0.5, 0.6) is 0 Å². The summed E-state index contributed by atoms with van der Waals surface area (Å²) in [7, 11) is -3.43. The molecule has 0 unspecified atom stereocenters. The summed E-state index contributed by atoms with van der Waals surface area (Å²) in [6.07, 6.45) is 0.925. The number of fused-ring (bicyclic) bond motifs is 4. The van der Waals surface area contributed by atoms with Gasteiger partial charge in [-0.2, -0.15) is 0 Å². The van der Waals surface area contributed by atoms with Crippen LogP contribution < -0.4 is 15.1 Å². The number of para-hydroxylation sites is 3. The number of hydrogen-bond acceptors (Lipinski definition) is 7. The molecule has 232 valence electrons. The van der Waals surface area contributed by atoms with Crippen LogP contribution in [0.15, 0.2) is 95.9 Å². The van der Waals surface area contributed by atoms with E-state index in [2.05, 4.69) is 5.32 Å². The molecular formula is C35H29FN4O4S2. The number of hydrogen-bond donors (Lipinski definition) is 1. The van der Waals surface area contributed by atoms with E-state index in [9.17, 15) is 22.4 Å². The second-order valence-corrected chi connectivity index (χ2v) is 14.4. The van der Waals surface area contributed by atoms with Gasteiger partial charge in [0.2, 0.25) is 0 Å². The van der Waals surface area contributed by atoms with Crippen molar-refractivity contribution in [1.29, 1.82) is 0 Å². The zero-order valence-corrected chi connectivity index (χ0v) is 26.5. The van der Waals surface area contributed by atoms with Crippen molar-refractivity contribution in [1.82, 2.24) is 4.98 Å². The van der Waals surface area contributed by atoms with Crippen molar-refractivity contribution in [2.75, 3.05) is 34.0 Å². The Hall–Kier alpha value is -4.87. The van der Waals surface area contributed by atoms with Crippen molar-refractivity contribution >= 4 is 55.9 Å². The highest BCUT2D eigenvalue weighted by Crippen LogP contribution is 2.42. The molecule has 2 aliphatic heterocycles. The van der Waals surface area contributed by atoms with E-state index in [0.717, 1.165) is 16.0 Å². The van der Waals surface area contributed by atoms with Crippen LogP contribution in [-0.2, 0) is 16.3 Å². The SMILES string of the molecule is Cc1cccc(F)c1NC(=O)c1cc2c(s1)-c1ccccc1N(C(=O)c1cccc(N3CCCS(=O)(=O)c4ccccc43)n1)CC2. The maximum atomic E-state index is 14.4. The predicted octanol–water partition coefficient (Wildman–Crippen LogP) is 7.03. The third-order valence-electron chi connectivity index (χ3n) is 8.30. The average Bonchev–Trinajstić information content (AvgIpc) is 3.36. The van der Waals surface area contributed by atoms with Crippen molar-refractivity contribution in [3.63, 3.8) is 0 Å². The molecule has 2 aliphatic rings. The molecule has 4 heterocycles. The lowest BCUT2D eigenvalue weighted by Crippen LogP contribution is -2.33. The van der Waals surface area contributed by atoms with Gasteiger partial charge in [-0.3, -0.25) is 9.59 Å². The van der Waals surface area contributed by atoms with Gasteiger partial charge < -0.3 is 15.1 Å². The number of sulfone groups is 1. The molecule has 0 fully saturated rings. The van der Waals surface area contributed by atoms with E-state index in [1.807, 2.05) is 35.2 Å². The van der Waals surface area contributed by atoms with Gasteiger partial charge in [-0.1, -0.05) is 48.5 Å². The lowest BCUT2D eigenvalue weighted by Gasteiger charge is -2.25. The van der Waals surface area contributed by atoms with Gasteiger partial charge in [-0.25, -0.2) is 17.8 Å². The topological polar surface area (TPSA) is 99.7 Å². The van der Waals surface area contributed by atoms with E-state index in [-0.39, 0.29) is 33.8 Å². The summed E-state index contributed by atoms with van der Waals surface area (Å²) < 4.78 is 40.2. The summed E-state index contributed by atoms with van der Waals surface area (Å²) in [6.45, 7) is 2.54. The summed E-state index contributed by atoms with van der Waals surface area (Å²) in [4.78, 5) is 37.3. The molecule has 2 amide bonds. The molecule has 1 N–H and O–H groups in total. The first-order chi connectivity index (χ1) is 22.2. The Kier molecular flexibility index (Phi) is 7.66. The van der Waals surface area contributed by atoms with E-state index in [0.29, 0.717) is 53.6 Å². The van der Waals surface area contributed by atoms with Gasteiger partial charge in [0.1, 0.15) is 17.3 Å². The Morgan fingerprint density at radius 3 is 2.50 bits per heavy atom. The minimum atomic E-state index is -3.43.